The number of rotatable bonds is 1. The van der Waals surface area contributed by atoms with Gasteiger partial charge < -0.3 is 14.9 Å². The van der Waals surface area contributed by atoms with Crippen molar-refractivity contribution in [2.45, 2.75) is 16.0 Å². The number of aliphatic hydroxyl groups excluding tert-OH is 2. The van der Waals surface area contributed by atoms with Crippen molar-refractivity contribution in [3.05, 3.63) is 0 Å². The minimum absolute atomic E-state index is 0.438. The smallest absolute Gasteiger partial charge is 0.341 e. The van der Waals surface area contributed by atoms with Crippen LogP contribution in [0.25, 0.3) is 0 Å². The minimum atomic E-state index is -1.60. The van der Waals surface area contributed by atoms with E-state index in [1.165, 1.54) is 0 Å². The summed E-state index contributed by atoms with van der Waals surface area (Å²) in [6.07, 6.45) is -2.15. The second kappa shape index (κ2) is 2.90. The number of aliphatic hydroxyl groups is 2. The standard InChI is InChI=1S/C5H6BrClO4/c6-5(7)3(9)2(1-8)11-4(5)10/h2-3,8-9H,1H2/t2-,3-,5-/m1/s1. The zero-order valence-corrected chi connectivity index (χ0v) is 7.67. The first-order valence-electron chi connectivity index (χ1n) is 2.88. The highest BCUT2D eigenvalue weighted by molar-refractivity contribution is 9.10. The highest BCUT2D eigenvalue weighted by Crippen LogP contribution is 2.37. The van der Waals surface area contributed by atoms with E-state index in [2.05, 4.69) is 20.7 Å². The molecular formula is C5H6BrClO4. The Morgan fingerprint density at radius 1 is 1.82 bits per heavy atom. The number of hydrogen-bond donors (Lipinski definition) is 2. The second-order valence-corrected chi connectivity index (χ2v) is 4.50. The van der Waals surface area contributed by atoms with Crippen LogP contribution in [-0.2, 0) is 9.53 Å². The van der Waals surface area contributed by atoms with Gasteiger partial charge in [0.25, 0.3) is 0 Å². The van der Waals surface area contributed by atoms with E-state index in [0.717, 1.165) is 0 Å². The molecule has 0 unspecified atom stereocenters. The maximum atomic E-state index is 10.8. The van der Waals surface area contributed by atoms with Crippen molar-refractivity contribution in [2.75, 3.05) is 6.61 Å². The van der Waals surface area contributed by atoms with Crippen molar-refractivity contribution in [2.24, 2.45) is 0 Å². The zero-order valence-electron chi connectivity index (χ0n) is 5.33. The van der Waals surface area contributed by atoms with E-state index in [1.807, 2.05) is 0 Å². The lowest BCUT2D eigenvalue weighted by atomic mass is 10.2. The third kappa shape index (κ3) is 1.38. The molecule has 3 atom stereocenters. The van der Waals surface area contributed by atoms with E-state index in [4.69, 9.17) is 16.7 Å². The highest BCUT2D eigenvalue weighted by Gasteiger charge is 2.54. The maximum absolute atomic E-state index is 10.8. The topological polar surface area (TPSA) is 66.8 Å². The Balaban J connectivity index is 2.80. The molecule has 1 heterocycles. The van der Waals surface area contributed by atoms with Crippen molar-refractivity contribution in [1.82, 2.24) is 0 Å². The first kappa shape index (κ1) is 9.25. The number of carbonyl (C=O) groups is 1. The summed E-state index contributed by atoms with van der Waals surface area (Å²) in [6.45, 7) is -0.438. The lowest BCUT2D eigenvalue weighted by molar-refractivity contribution is -0.143. The number of halogens is 2. The zero-order chi connectivity index (χ0) is 8.65. The Morgan fingerprint density at radius 3 is 2.55 bits per heavy atom. The van der Waals surface area contributed by atoms with E-state index in [-0.39, 0.29) is 0 Å². The summed E-state index contributed by atoms with van der Waals surface area (Å²) in [5.74, 6) is -0.772. The van der Waals surface area contributed by atoms with Crippen molar-refractivity contribution in [1.29, 1.82) is 0 Å². The molecule has 0 aliphatic carbocycles. The Hall–Kier alpha value is 0.160. The fourth-order valence-electron chi connectivity index (χ4n) is 0.772. The number of hydrogen-bond acceptors (Lipinski definition) is 4. The van der Waals surface area contributed by atoms with Crippen LogP contribution in [0.1, 0.15) is 0 Å². The third-order valence-corrected chi connectivity index (χ3v) is 2.60. The molecule has 0 aromatic rings. The van der Waals surface area contributed by atoms with Crippen LogP contribution in [0.3, 0.4) is 0 Å². The van der Waals surface area contributed by atoms with Crippen LogP contribution in [0.4, 0.5) is 0 Å². The number of carbonyl (C=O) groups excluding carboxylic acids is 1. The molecule has 11 heavy (non-hydrogen) atoms. The number of alkyl halides is 2. The van der Waals surface area contributed by atoms with Crippen LogP contribution in [0.15, 0.2) is 0 Å². The van der Waals surface area contributed by atoms with Gasteiger partial charge in [0.15, 0.2) is 6.10 Å². The van der Waals surface area contributed by atoms with Crippen LogP contribution in [-0.4, -0.2) is 38.8 Å². The molecule has 0 aromatic heterocycles. The number of cyclic esters (lactones) is 1. The fraction of sp³-hybridized carbons (Fsp3) is 0.800. The lowest BCUT2D eigenvalue weighted by Gasteiger charge is -2.13. The van der Waals surface area contributed by atoms with E-state index >= 15 is 0 Å². The predicted molar refractivity (Wildman–Crippen MR) is 40.5 cm³/mol. The highest BCUT2D eigenvalue weighted by atomic mass is 79.9. The van der Waals surface area contributed by atoms with Crippen molar-refractivity contribution in [3.63, 3.8) is 0 Å². The molecule has 1 aliphatic heterocycles. The maximum Gasteiger partial charge on any atom is 0.341 e. The molecule has 64 valence electrons. The van der Waals surface area contributed by atoms with E-state index in [0.29, 0.717) is 0 Å². The van der Waals surface area contributed by atoms with E-state index in [9.17, 15) is 9.90 Å². The molecule has 1 saturated heterocycles. The van der Waals surface area contributed by atoms with Crippen LogP contribution in [0.5, 0.6) is 0 Å². The second-order valence-electron chi connectivity index (χ2n) is 2.19. The summed E-state index contributed by atoms with van der Waals surface area (Å²) in [5.41, 5.74) is 0. The number of ether oxygens (including phenoxy) is 1. The largest absolute Gasteiger partial charge is 0.455 e. The Morgan fingerprint density at radius 2 is 2.36 bits per heavy atom. The molecule has 1 fully saturated rings. The summed E-state index contributed by atoms with van der Waals surface area (Å²) in [7, 11) is 0. The van der Waals surface area contributed by atoms with Gasteiger partial charge in [-0.3, -0.25) is 0 Å². The van der Waals surface area contributed by atoms with Gasteiger partial charge in [0.2, 0.25) is 3.78 Å². The molecule has 0 bridgehead atoms. The van der Waals surface area contributed by atoms with Gasteiger partial charge in [-0.1, -0.05) is 27.5 Å². The molecule has 6 heteroatoms. The minimum Gasteiger partial charge on any atom is -0.455 e. The summed E-state index contributed by atoms with van der Waals surface area (Å²) >= 11 is 8.31. The number of esters is 1. The normalized spacial score (nSPS) is 44.2. The molecule has 0 aromatic carbocycles. The monoisotopic (exact) mass is 244 g/mol. The summed E-state index contributed by atoms with van der Waals surface area (Å²) in [5, 5.41) is 17.8. The molecule has 0 radical (unpaired) electrons. The summed E-state index contributed by atoms with van der Waals surface area (Å²) in [6, 6.07) is 0. The molecule has 0 amide bonds. The van der Waals surface area contributed by atoms with Gasteiger partial charge in [-0.25, -0.2) is 4.79 Å². The van der Waals surface area contributed by atoms with Gasteiger partial charge in [-0.2, -0.15) is 0 Å². The fourth-order valence-corrected chi connectivity index (χ4v) is 1.35. The van der Waals surface area contributed by atoms with Crippen molar-refractivity contribution < 1.29 is 19.7 Å². The Bertz CT molecular complexity index is 183. The Kier molecular flexibility index (Phi) is 2.43. The summed E-state index contributed by atoms with van der Waals surface area (Å²) in [4.78, 5) is 10.8. The first-order chi connectivity index (χ1) is 5.00. The van der Waals surface area contributed by atoms with Gasteiger partial charge in [-0.05, 0) is 0 Å². The van der Waals surface area contributed by atoms with Gasteiger partial charge >= 0.3 is 5.97 Å². The van der Waals surface area contributed by atoms with Crippen molar-refractivity contribution >= 4 is 33.5 Å². The quantitative estimate of drug-likeness (QED) is 0.487. The first-order valence-corrected chi connectivity index (χ1v) is 4.05. The molecule has 2 N–H and O–H groups in total. The molecule has 1 rings (SSSR count). The van der Waals surface area contributed by atoms with Gasteiger partial charge in [0, 0.05) is 0 Å². The Labute approximate surface area is 76.2 Å². The SMILES string of the molecule is O=C1O[C@H](CO)[C@@H](O)[C@]1(Cl)Br. The van der Waals surface area contributed by atoms with Gasteiger partial charge in [0.1, 0.15) is 6.10 Å². The van der Waals surface area contributed by atoms with Crippen LogP contribution in [0, 0.1) is 0 Å². The third-order valence-electron chi connectivity index (χ3n) is 1.43. The van der Waals surface area contributed by atoms with Crippen molar-refractivity contribution in [3.8, 4) is 0 Å². The lowest BCUT2D eigenvalue weighted by Crippen LogP contribution is -2.36. The molecular weight excluding hydrogens is 239 g/mol. The van der Waals surface area contributed by atoms with Crippen LogP contribution >= 0.6 is 27.5 Å². The summed E-state index contributed by atoms with van der Waals surface area (Å²) < 4.78 is 2.92. The molecule has 4 nitrogen and oxygen atoms in total. The van der Waals surface area contributed by atoms with Gasteiger partial charge in [0.05, 0.1) is 6.61 Å². The molecule has 0 spiro atoms. The average molecular weight is 245 g/mol. The average Bonchev–Trinajstić information content (AvgIpc) is 2.14. The molecule has 1 aliphatic rings. The van der Waals surface area contributed by atoms with Gasteiger partial charge in [-0.15, -0.1) is 0 Å². The van der Waals surface area contributed by atoms with E-state index in [1.54, 1.807) is 0 Å². The molecule has 0 saturated carbocycles. The van der Waals surface area contributed by atoms with Crippen LogP contribution < -0.4 is 0 Å². The van der Waals surface area contributed by atoms with Crippen LogP contribution in [0.2, 0.25) is 0 Å². The van der Waals surface area contributed by atoms with E-state index < -0.39 is 28.6 Å². The predicted octanol–water partition coefficient (Wildman–Crippen LogP) is -0.405.